The smallest absolute Gasteiger partial charge is 0.180 e. The Bertz CT molecular complexity index is 161. The van der Waals surface area contributed by atoms with Crippen molar-refractivity contribution in [2.75, 3.05) is 0 Å². The quantitative estimate of drug-likeness (QED) is 0.593. The first kappa shape index (κ1) is 6.25. The van der Waals surface area contributed by atoms with Gasteiger partial charge in [0.15, 0.2) is 12.2 Å². The zero-order chi connectivity index (χ0) is 6.69. The highest BCUT2D eigenvalue weighted by Crippen LogP contribution is 2.11. The highest BCUT2D eigenvalue weighted by molar-refractivity contribution is 4.91. The number of rotatable bonds is 2. The third kappa shape index (κ3) is 1.28. The summed E-state index contributed by atoms with van der Waals surface area (Å²) in [6.07, 6.45) is 2.69. The van der Waals surface area contributed by atoms with E-state index in [0.717, 1.165) is 0 Å². The molecule has 0 saturated heterocycles. The highest BCUT2D eigenvalue weighted by Gasteiger charge is 2.05. The van der Waals surface area contributed by atoms with Crippen molar-refractivity contribution in [3.63, 3.8) is 0 Å². The largest absolute Gasteiger partial charge is 0.446 e. The minimum atomic E-state index is -0.215. The SMILES string of the molecule is CC(ON)c1cnco1. The molecule has 2 N–H and O–H groups in total. The topological polar surface area (TPSA) is 61.3 Å². The van der Waals surface area contributed by atoms with Gasteiger partial charge in [-0.1, -0.05) is 0 Å². The second kappa shape index (κ2) is 2.61. The molecule has 0 aromatic carbocycles. The van der Waals surface area contributed by atoms with Gasteiger partial charge in [0, 0.05) is 0 Å². The van der Waals surface area contributed by atoms with Gasteiger partial charge in [0.25, 0.3) is 0 Å². The fraction of sp³-hybridized carbons (Fsp3) is 0.400. The van der Waals surface area contributed by atoms with Gasteiger partial charge < -0.3 is 4.42 Å². The summed E-state index contributed by atoms with van der Waals surface area (Å²) in [5.41, 5.74) is 0. The number of nitrogens with zero attached hydrogens (tertiary/aromatic N) is 1. The molecule has 0 amide bonds. The van der Waals surface area contributed by atoms with Crippen LogP contribution in [0.4, 0.5) is 0 Å². The molecule has 1 rings (SSSR count). The van der Waals surface area contributed by atoms with Crippen molar-refractivity contribution in [1.82, 2.24) is 4.98 Å². The van der Waals surface area contributed by atoms with Crippen molar-refractivity contribution in [1.29, 1.82) is 0 Å². The molecule has 0 bridgehead atoms. The van der Waals surface area contributed by atoms with E-state index >= 15 is 0 Å². The van der Waals surface area contributed by atoms with Crippen LogP contribution >= 0.6 is 0 Å². The molecule has 0 radical (unpaired) electrons. The Morgan fingerprint density at radius 3 is 3.11 bits per heavy atom. The van der Waals surface area contributed by atoms with Gasteiger partial charge in [-0.3, -0.25) is 4.84 Å². The Morgan fingerprint density at radius 2 is 2.67 bits per heavy atom. The summed E-state index contributed by atoms with van der Waals surface area (Å²) in [7, 11) is 0. The fourth-order valence-corrected chi connectivity index (χ4v) is 0.493. The molecule has 1 unspecified atom stereocenters. The van der Waals surface area contributed by atoms with Crippen molar-refractivity contribution in [2.45, 2.75) is 13.0 Å². The van der Waals surface area contributed by atoms with Gasteiger partial charge in [0.2, 0.25) is 0 Å². The van der Waals surface area contributed by atoms with Crippen LogP contribution in [0.5, 0.6) is 0 Å². The minimum absolute atomic E-state index is 0.215. The summed E-state index contributed by atoms with van der Waals surface area (Å²) in [4.78, 5) is 8.15. The maximum Gasteiger partial charge on any atom is 0.180 e. The Labute approximate surface area is 52.6 Å². The van der Waals surface area contributed by atoms with Gasteiger partial charge in [0.1, 0.15) is 6.10 Å². The zero-order valence-corrected chi connectivity index (χ0v) is 5.07. The van der Waals surface area contributed by atoms with Crippen LogP contribution in [0.15, 0.2) is 17.0 Å². The third-order valence-electron chi connectivity index (χ3n) is 1.06. The lowest BCUT2D eigenvalue weighted by atomic mass is 10.3. The summed E-state index contributed by atoms with van der Waals surface area (Å²) in [6, 6.07) is 0. The molecule has 4 heteroatoms. The zero-order valence-electron chi connectivity index (χ0n) is 5.07. The maximum absolute atomic E-state index is 4.88. The van der Waals surface area contributed by atoms with E-state index in [1.54, 1.807) is 13.1 Å². The summed E-state index contributed by atoms with van der Waals surface area (Å²) in [5, 5.41) is 0. The van der Waals surface area contributed by atoms with Crippen LogP contribution < -0.4 is 5.90 Å². The highest BCUT2D eigenvalue weighted by atomic mass is 16.6. The Kier molecular flexibility index (Phi) is 1.81. The summed E-state index contributed by atoms with van der Waals surface area (Å²) in [6.45, 7) is 1.78. The molecular weight excluding hydrogens is 120 g/mol. The molecule has 0 fully saturated rings. The molecule has 1 aromatic heterocycles. The molecule has 9 heavy (non-hydrogen) atoms. The van der Waals surface area contributed by atoms with Gasteiger partial charge in [-0.2, -0.15) is 0 Å². The van der Waals surface area contributed by atoms with Crippen LogP contribution in [0.3, 0.4) is 0 Å². The average Bonchev–Trinajstić information content (AvgIpc) is 2.37. The molecule has 0 saturated carbocycles. The van der Waals surface area contributed by atoms with E-state index in [4.69, 9.17) is 10.3 Å². The van der Waals surface area contributed by atoms with Crippen molar-refractivity contribution in [2.24, 2.45) is 5.90 Å². The summed E-state index contributed by atoms with van der Waals surface area (Å²) < 4.78 is 4.87. The standard InChI is InChI=1S/C5H8N2O2/c1-4(9-6)5-2-7-3-8-5/h2-4H,6H2,1H3. The lowest BCUT2D eigenvalue weighted by Crippen LogP contribution is -2.03. The number of nitrogens with two attached hydrogens (primary N) is 1. The molecule has 0 aliphatic heterocycles. The van der Waals surface area contributed by atoms with E-state index in [0.29, 0.717) is 5.76 Å². The Morgan fingerprint density at radius 1 is 1.89 bits per heavy atom. The molecule has 4 nitrogen and oxygen atoms in total. The van der Waals surface area contributed by atoms with Crippen LogP contribution in [0, 0.1) is 0 Å². The van der Waals surface area contributed by atoms with Gasteiger partial charge in [-0.05, 0) is 6.92 Å². The number of hydrogen-bond acceptors (Lipinski definition) is 4. The predicted octanol–water partition coefficient (Wildman–Crippen LogP) is 0.626. The van der Waals surface area contributed by atoms with E-state index in [1.165, 1.54) is 6.39 Å². The summed E-state index contributed by atoms with van der Waals surface area (Å²) >= 11 is 0. The minimum Gasteiger partial charge on any atom is -0.446 e. The van der Waals surface area contributed by atoms with Crippen LogP contribution in [-0.2, 0) is 4.84 Å². The number of oxazole rings is 1. The lowest BCUT2D eigenvalue weighted by molar-refractivity contribution is 0.0508. The molecule has 0 spiro atoms. The normalized spacial score (nSPS) is 13.6. The molecule has 1 atom stereocenters. The summed E-state index contributed by atoms with van der Waals surface area (Å²) in [5.74, 6) is 5.51. The van der Waals surface area contributed by atoms with Crippen molar-refractivity contribution in [3.8, 4) is 0 Å². The number of aromatic nitrogens is 1. The fourth-order valence-electron chi connectivity index (χ4n) is 0.493. The van der Waals surface area contributed by atoms with Crippen molar-refractivity contribution in [3.05, 3.63) is 18.4 Å². The first-order chi connectivity index (χ1) is 4.34. The third-order valence-corrected chi connectivity index (χ3v) is 1.06. The Balaban J connectivity index is 2.65. The van der Waals surface area contributed by atoms with Gasteiger partial charge in [-0.25, -0.2) is 10.9 Å². The van der Waals surface area contributed by atoms with Crippen molar-refractivity contribution < 1.29 is 9.25 Å². The first-order valence-corrected chi connectivity index (χ1v) is 2.58. The second-order valence-electron chi connectivity index (χ2n) is 1.68. The molecule has 0 aliphatic rings. The monoisotopic (exact) mass is 128 g/mol. The molecular formula is C5H8N2O2. The van der Waals surface area contributed by atoms with Crippen LogP contribution in [0.2, 0.25) is 0 Å². The van der Waals surface area contributed by atoms with Crippen LogP contribution in [-0.4, -0.2) is 4.98 Å². The lowest BCUT2D eigenvalue weighted by Gasteiger charge is -2.01. The molecule has 1 aromatic rings. The van der Waals surface area contributed by atoms with E-state index in [2.05, 4.69) is 9.82 Å². The molecule has 1 heterocycles. The van der Waals surface area contributed by atoms with E-state index in [9.17, 15) is 0 Å². The van der Waals surface area contributed by atoms with Crippen LogP contribution in [0.25, 0.3) is 0 Å². The van der Waals surface area contributed by atoms with Gasteiger partial charge in [-0.15, -0.1) is 0 Å². The van der Waals surface area contributed by atoms with E-state index < -0.39 is 0 Å². The van der Waals surface area contributed by atoms with Gasteiger partial charge in [0.05, 0.1) is 6.20 Å². The van der Waals surface area contributed by atoms with E-state index in [1.807, 2.05) is 0 Å². The van der Waals surface area contributed by atoms with Crippen LogP contribution in [0.1, 0.15) is 18.8 Å². The molecule has 0 aliphatic carbocycles. The first-order valence-electron chi connectivity index (χ1n) is 2.58. The predicted molar refractivity (Wildman–Crippen MR) is 30.2 cm³/mol. The second-order valence-corrected chi connectivity index (χ2v) is 1.68. The molecule has 50 valence electrons. The van der Waals surface area contributed by atoms with E-state index in [-0.39, 0.29) is 6.10 Å². The maximum atomic E-state index is 4.88. The average molecular weight is 128 g/mol. The number of hydrogen-bond donors (Lipinski definition) is 1. The van der Waals surface area contributed by atoms with Gasteiger partial charge >= 0.3 is 0 Å². The van der Waals surface area contributed by atoms with Crippen molar-refractivity contribution >= 4 is 0 Å². The Hall–Kier alpha value is -0.870.